The van der Waals surface area contributed by atoms with Crippen LogP contribution in [0.2, 0.25) is 0 Å². The summed E-state index contributed by atoms with van der Waals surface area (Å²) in [6, 6.07) is 4.04. The van der Waals surface area contributed by atoms with Crippen LogP contribution in [0.3, 0.4) is 0 Å². The number of hydrogen-bond donors (Lipinski definition) is 1. The lowest BCUT2D eigenvalue weighted by atomic mass is 9.86. The lowest BCUT2D eigenvalue weighted by Crippen LogP contribution is -2.43. The smallest absolute Gasteiger partial charge is 0.223 e. The van der Waals surface area contributed by atoms with Crippen molar-refractivity contribution in [3.8, 4) is 11.5 Å². The van der Waals surface area contributed by atoms with Crippen LogP contribution in [0.25, 0.3) is 0 Å². The third-order valence-corrected chi connectivity index (χ3v) is 7.03. The maximum absolute atomic E-state index is 12.8. The van der Waals surface area contributed by atoms with Gasteiger partial charge in [0.25, 0.3) is 0 Å². The Labute approximate surface area is 160 Å². The fourth-order valence-electron chi connectivity index (χ4n) is 4.23. The lowest BCUT2D eigenvalue weighted by molar-refractivity contribution is -0.127. The molecule has 1 aliphatic carbocycles. The van der Waals surface area contributed by atoms with Gasteiger partial charge in [0.05, 0.1) is 12.3 Å². The highest BCUT2D eigenvalue weighted by Crippen LogP contribution is 2.39. The lowest BCUT2D eigenvalue weighted by Gasteiger charge is -2.33. The molecule has 1 saturated heterocycles. The number of carbonyl (C=O) groups is 1. The Balaban J connectivity index is 1.44. The van der Waals surface area contributed by atoms with Gasteiger partial charge >= 0.3 is 0 Å². The van der Waals surface area contributed by atoms with Crippen LogP contribution < -0.4 is 14.8 Å². The second-order valence-electron chi connectivity index (χ2n) is 7.58. The van der Waals surface area contributed by atoms with Crippen molar-refractivity contribution >= 4 is 15.9 Å². The van der Waals surface area contributed by atoms with E-state index in [1.165, 1.54) is 16.1 Å². The van der Waals surface area contributed by atoms with Gasteiger partial charge in [-0.2, -0.15) is 0 Å². The van der Waals surface area contributed by atoms with Crippen LogP contribution in [0.4, 0.5) is 0 Å². The standard InChI is InChI=1S/C19H26N2O5S/c1-27(23,24)21-7-5-13(6-8-21)19(22)20-16-4-2-3-14-11-17-18(12-15(14)16)26-10-9-25-17/h11-13,16H,2-10H2,1H3,(H,20,22). The van der Waals surface area contributed by atoms with E-state index in [1.54, 1.807) is 0 Å². The topological polar surface area (TPSA) is 84.9 Å². The van der Waals surface area contributed by atoms with Crippen molar-refractivity contribution < 1.29 is 22.7 Å². The number of nitrogens with zero attached hydrogens (tertiary/aromatic N) is 1. The second kappa shape index (κ2) is 7.31. The number of piperidine rings is 1. The summed E-state index contributed by atoms with van der Waals surface area (Å²) >= 11 is 0. The van der Waals surface area contributed by atoms with E-state index in [1.807, 2.05) is 12.1 Å². The van der Waals surface area contributed by atoms with E-state index in [4.69, 9.17) is 9.47 Å². The first-order valence-corrected chi connectivity index (χ1v) is 11.4. The normalized spacial score (nSPS) is 23.5. The number of ether oxygens (including phenoxy) is 2. The number of sulfonamides is 1. The Morgan fingerprint density at radius 2 is 1.78 bits per heavy atom. The maximum atomic E-state index is 12.8. The molecule has 1 amide bonds. The van der Waals surface area contributed by atoms with Crippen LogP contribution in [0.5, 0.6) is 11.5 Å². The molecule has 1 atom stereocenters. The van der Waals surface area contributed by atoms with Crippen molar-refractivity contribution in [3.05, 3.63) is 23.3 Å². The Hall–Kier alpha value is -1.80. The van der Waals surface area contributed by atoms with Crippen LogP contribution in [-0.2, 0) is 21.2 Å². The van der Waals surface area contributed by atoms with Gasteiger partial charge in [-0.15, -0.1) is 0 Å². The van der Waals surface area contributed by atoms with Gasteiger partial charge in [0.2, 0.25) is 15.9 Å². The molecular formula is C19H26N2O5S. The van der Waals surface area contributed by atoms with Crippen molar-refractivity contribution in [2.24, 2.45) is 5.92 Å². The van der Waals surface area contributed by atoms with Gasteiger partial charge in [0, 0.05) is 19.0 Å². The first kappa shape index (κ1) is 18.6. The predicted octanol–water partition coefficient (Wildman–Crippen LogP) is 1.62. The Bertz CT molecular complexity index is 831. The third kappa shape index (κ3) is 3.91. The number of hydrogen-bond acceptors (Lipinski definition) is 5. The molecule has 0 spiro atoms. The molecule has 0 radical (unpaired) electrons. The van der Waals surface area contributed by atoms with E-state index in [2.05, 4.69) is 5.32 Å². The molecule has 1 fully saturated rings. The number of rotatable bonds is 3. The van der Waals surface area contributed by atoms with Crippen LogP contribution in [-0.4, -0.2) is 51.2 Å². The molecule has 3 aliphatic rings. The number of amides is 1. The van der Waals surface area contributed by atoms with Crippen molar-refractivity contribution in [3.63, 3.8) is 0 Å². The van der Waals surface area contributed by atoms with Gasteiger partial charge in [-0.05, 0) is 55.4 Å². The van der Waals surface area contributed by atoms with E-state index in [9.17, 15) is 13.2 Å². The van der Waals surface area contributed by atoms with Gasteiger partial charge in [-0.25, -0.2) is 12.7 Å². The van der Waals surface area contributed by atoms with E-state index in [-0.39, 0.29) is 17.9 Å². The number of nitrogens with one attached hydrogen (secondary N) is 1. The molecule has 1 N–H and O–H groups in total. The monoisotopic (exact) mass is 394 g/mol. The molecule has 2 aliphatic heterocycles. The molecule has 2 heterocycles. The zero-order valence-corrected chi connectivity index (χ0v) is 16.4. The first-order valence-electron chi connectivity index (χ1n) is 9.60. The molecule has 1 aromatic rings. The largest absolute Gasteiger partial charge is 0.486 e. The van der Waals surface area contributed by atoms with E-state index >= 15 is 0 Å². The zero-order chi connectivity index (χ0) is 19.0. The Morgan fingerprint density at radius 3 is 2.44 bits per heavy atom. The highest BCUT2D eigenvalue weighted by molar-refractivity contribution is 7.88. The average molecular weight is 394 g/mol. The first-order chi connectivity index (χ1) is 12.9. The summed E-state index contributed by atoms with van der Waals surface area (Å²) in [6.07, 6.45) is 5.26. The molecule has 8 heteroatoms. The third-order valence-electron chi connectivity index (χ3n) is 5.73. The minimum atomic E-state index is -3.18. The number of carbonyl (C=O) groups excluding carboxylic acids is 1. The quantitative estimate of drug-likeness (QED) is 0.842. The van der Waals surface area contributed by atoms with Gasteiger partial charge in [0.15, 0.2) is 11.5 Å². The van der Waals surface area contributed by atoms with Crippen LogP contribution in [0.1, 0.15) is 42.9 Å². The van der Waals surface area contributed by atoms with Crippen molar-refractivity contribution in [1.29, 1.82) is 0 Å². The molecule has 0 saturated carbocycles. The van der Waals surface area contributed by atoms with Gasteiger partial charge in [-0.1, -0.05) is 0 Å². The predicted molar refractivity (Wildman–Crippen MR) is 100 cm³/mol. The Morgan fingerprint density at radius 1 is 1.11 bits per heavy atom. The molecule has 4 rings (SSSR count). The van der Waals surface area contributed by atoms with Crippen LogP contribution >= 0.6 is 0 Å². The van der Waals surface area contributed by atoms with Crippen molar-refractivity contribution in [2.45, 2.75) is 38.1 Å². The van der Waals surface area contributed by atoms with Gasteiger partial charge < -0.3 is 14.8 Å². The molecular weight excluding hydrogens is 368 g/mol. The Kier molecular flexibility index (Phi) is 5.03. The maximum Gasteiger partial charge on any atom is 0.223 e. The molecule has 1 unspecified atom stereocenters. The molecule has 0 bridgehead atoms. The van der Waals surface area contributed by atoms with E-state index in [0.717, 1.165) is 36.3 Å². The SMILES string of the molecule is CS(=O)(=O)N1CCC(C(=O)NC2CCCc3cc4c(cc32)OCCO4)CC1. The number of benzene rings is 1. The minimum Gasteiger partial charge on any atom is -0.486 e. The van der Waals surface area contributed by atoms with Crippen LogP contribution in [0, 0.1) is 5.92 Å². The summed E-state index contributed by atoms with van der Waals surface area (Å²) in [4.78, 5) is 12.8. The average Bonchev–Trinajstić information content (AvgIpc) is 2.66. The number of aryl methyl sites for hydroxylation is 1. The minimum absolute atomic E-state index is 0.0231. The zero-order valence-electron chi connectivity index (χ0n) is 15.6. The highest BCUT2D eigenvalue weighted by atomic mass is 32.2. The summed E-state index contributed by atoms with van der Waals surface area (Å²) in [5.74, 6) is 1.43. The van der Waals surface area contributed by atoms with Crippen molar-refractivity contribution in [1.82, 2.24) is 9.62 Å². The van der Waals surface area contributed by atoms with Gasteiger partial charge in [0.1, 0.15) is 13.2 Å². The molecule has 27 heavy (non-hydrogen) atoms. The summed E-state index contributed by atoms with van der Waals surface area (Å²) in [6.45, 7) is 1.94. The second-order valence-corrected chi connectivity index (χ2v) is 9.57. The molecule has 148 valence electrons. The van der Waals surface area contributed by atoms with E-state index in [0.29, 0.717) is 39.1 Å². The fourth-order valence-corrected chi connectivity index (χ4v) is 5.10. The molecule has 1 aromatic carbocycles. The summed E-state index contributed by atoms with van der Waals surface area (Å²) < 4.78 is 36.1. The van der Waals surface area contributed by atoms with Crippen molar-refractivity contribution in [2.75, 3.05) is 32.6 Å². The molecule has 0 aromatic heterocycles. The summed E-state index contributed by atoms with van der Waals surface area (Å²) in [7, 11) is -3.18. The molecule has 7 nitrogen and oxygen atoms in total. The summed E-state index contributed by atoms with van der Waals surface area (Å²) in [5.41, 5.74) is 2.33. The van der Waals surface area contributed by atoms with Crippen LogP contribution in [0.15, 0.2) is 12.1 Å². The van der Waals surface area contributed by atoms with Gasteiger partial charge in [-0.3, -0.25) is 4.79 Å². The highest BCUT2D eigenvalue weighted by Gasteiger charge is 2.31. The number of fused-ring (bicyclic) bond motifs is 2. The fraction of sp³-hybridized carbons (Fsp3) is 0.632. The van der Waals surface area contributed by atoms with E-state index < -0.39 is 10.0 Å². The summed E-state index contributed by atoms with van der Waals surface area (Å²) in [5, 5.41) is 3.20.